The molecule has 26 heavy (non-hydrogen) atoms. The van der Waals surface area contributed by atoms with E-state index in [9.17, 15) is 9.59 Å². The normalized spacial score (nSPS) is 34.5. The van der Waals surface area contributed by atoms with Crippen molar-refractivity contribution < 1.29 is 14.8 Å². The monoisotopic (exact) mass is 355 g/mol. The van der Waals surface area contributed by atoms with Gasteiger partial charge in [-0.05, 0) is 67.9 Å². The molecule has 5 aliphatic rings. The molecule has 2 heterocycles. The molecule has 4 saturated carbocycles. The highest BCUT2D eigenvalue weighted by Gasteiger charge is 2.55. The van der Waals surface area contributed by atoms with E-state index in [1.54, 1.807) is 11.5 Å². The molecular formula is C20H25N3O3. The van der Waals surface area contributed by atoms with Crippen molar-refractivity contribution in [2.75, 3.05) is 6.54 Å². The van der Waals surface area contributed by atoms with E-state index in [4.69, 9.17) is 5.21 Å². The highest BCUT2D eigenvalue weighted by molar-refractivity contribution is 5.93. The van der Waals surface area contributed by atoms with E-state index in [0.717, 1.165) is 54.7 Å². The van der Waals surface area contributed by atoms with Crippen LogP contribution < -0.4 is 5.48 Å². The number of pyridine rings is 1. The molecule has 0 unspecified atom stereocenters. The van der Waals surface area contributed by atoms with Gasteiger partial charge in [0, 0.05) is 31.4 Å². The van der Waals surface area contributed by atoms with Gasteiger partial charge in [-0.1, -0.05) is 0 Å². The van der Waals surface area contributed by atoms with Crippen molar-refractivity contribution in [3.05, 3.63) is 29.1 Å². The zero-order chi connectivity index (χ0) is 17.9. The molecule has 0 saturated heterocycles. The SMILES string of the molecule is O=C(NO)c1cnc2c(c1)CN(C(=O)C13CC4CC(CC(C4)C1)C3)CC2. The maximum Gasteiger partial charge on any atom is 0.276 e. The maximum atomic E-state index is 13.5. The molecule has 2 amide bonds. The number of carbonyl (C=O) groups is 2. The number of hydroxylamine groups is 1. The predicted molar refractivity (Wildman–Crippen MR) is 93.2 cm³/mol. The summed E-state index contributed by atoms with van der Waals surface area (Å²) < 4.78 is 0. The van der Waals surface area contributed by atoms with E-state index >= 15 is 0 Å². The smallest absolute Gasteiger partial charge is 0.276 e. The van der Waals surface area contributed by atoms with Crippen molar-refractivity contribution in [1.82, 2.24) is 15.4 Å². The van der Waals surface area contributed by atoms with E-state index in [1.165, 1.54) is 25.5 Å². The molecule has 138 valence electrons. The molecule has 4 fully saturated rings. The third-order valence-corrected chi connectivity index (χ3v) is 7.18. The Balaban J connectivity index is 1.39. The summed E-state index contributed by atoms with van der Waals surface area (Å²) in [6.45, 7) is 1.24. The number of amides is 2. The van der Waals surface area contributed by atoms with Gasteiger partial charge in [0.15, 0.2) is 0 Å². The molecule has 0 spiro atoms. The molecule has 4 bridgehead atoms. The summed E-state index contributed by atoms with van der Waals surface area (Å²) in [4.78, 5) is 31.5. The Kier molecular flexibility index (Phi) is 3.61. The van der Waals surface area contributed by atoms with Crippen LogP contribution in [0.5, 0.6) is 0 Å². The minimum Gasteiger partial charge on any atom is -0.337 e. The van der Waals surface area contributed by atoms with Crippen LogP contribution in [0.2, 0.25) is 0 Å². The quantitative estimate of drug-likeness (QED) is 0.630. The van der Waals surface area contributed by atoms with Gasteiger partial charge in [-0.25, -0.2) is 5.48 Å². The van der Waals surface area contributed by atoms with Gasteiger partial charge < -0.3 is 4.90 Å². The Morgan fingerprint density at radius 3 is 2.42 bits per heavy atom. The molecule has 0 atom stereocenters. The molecule has 2 N–H and O–H groups in total. The second kappa shape index (κ2) is 5.78. The molecule has 1 aromatic heterocycles. The topological polar surface area (TPSA) is 82.5 Å². The Labute approximate surface area is 152 Å². The lowest BCUT2D eigenvalue weighted by molar-refractivity contribution is -0.158. The molecule has 6 heteroatoms. The summed E-state index contributed by atoms with van der Waals surface area (Å²) in [7, 11) is 0. The third kappa shape index (κ3) is 2.46. The summed E-state index contributed by atoms with van der Waals surface area (Å²) in [6, 6.07) is 1.76. The predicted octanol–water partition coefficient (Wildman–Crippen LogP) is 2.30. The first-order valence-electron chi connectivity index (χ1n) is 9.78. The molecule has 0 aromatic carbocycles. The van der Waals surface area contributed by atoms with Crippen LogP contribution in [0.4, 0.5) is 0 Å². The fourth-order valence-electron chi connectivity index (χ4n) is 6.50. The fourth-order valence-corrected chi connectivity index (χ4v) is 6.50. The summed E-state index contributed by atoms with van der Waals surface area (Å²) in [5.41, 5.74) is 3.73. The average Bonchev–Trinajstić information content (AvgIpc) is 2.64. The van der Waals surface area contributed by atoms with Gasteiger partial charge in [-0.3, -0.25) is 19.8 Å². The lowest BCUT2D eigenvalue weighted by Crippen LogP contribution is -2.55. The van der Waals surface area contributed by atoms with Gasteiger partial charge in [-0.15, -0.1) is 0 Å². The lowest BCUT2D eigenvalue weighted by Gasteiger charge is -2.56. The Morgan fingerprint density at radius 1 is 1.15 bits per heavy atom. The summed E-state index contributed by atoms with van der Waals surface area (Å²) >= 11 is 0. The van der Waals surface area contributed by atoms with Gasteiger partial charge in [0.1, 0.15) is 0 Å². The van der Waals surface area contributed by atoms with Crippen LogP contribution in [-0.4, -0.2) is 33.5 Å². The first-order chi connectivity index (χ1) is 12.6. The van der Waals surface area contributed by atoms with Gasteiger partial charge >= 0.3 is 0 Å². The van der Waals surface area contributed by atoms with E-state index in [0.29, 0.717) is 24.6 Å². The summed E-state index contributed by atoms with van der Waals surface area (Å²) in [5.74, 6) is 2.03. The van der Waals surface area contributed by atoms with Crippen LogP contribution in [0.3, 0.4) is 0 Å². The number of nitrogens with zero attached hydrogens (tertiary/aromatic N) is 2. The first kappa shape index (κ1) is 16.2. The lowest BCUT2D eigenvalue weighted by atomic mass is 9.49. The van der Waals surface area contributed by atoms with Crippen LogP contribution in [-0.2, 0) is 17.8 Å². The second-order valence-corrected chi connectivity index (χ2v) is 8.95. The molecule has 6 rings (SSSR count). The number of rotatable bonds is 2. The average molecular weight is 355 g/mol. The highest BCUT2D eigenvalue weighted by Crippen LogP contribution is 2.60. The molecule has 0 radical (unpaired) electrons. The Bertz CT molecular complexity index is 740. The third-order valence-electron chi connectivity index (χ3n) is 7.18. The van der Waals surface area contributed by atoms with Crippen molar-refractivity contribution in [2.45, 2.75) is 51.5 Å². The molecule has 1 aromatic rings. The van der Waals surface area contributed by atoms with Crippen LogP contribution in [0.25, 0.3) is 0 Å². The standard InChI is InChI=1S/C20H25N3O3/c24-18(22-26)15-6-16-11-23(2-1-17(16)21-10-15)19(25)20-7-12-3-13(8-20)5-14(4-12)9-20/h6,10,12-14,26H,1-5,7-9,11H2,(H,22,24). The van der Waals surface area contributed by atoms with Crippen molar-refractivity contribution in [3.63, 3.8) is 0 Å². The number of nitrogens with one attached hydrogen (secondary N) is 1. The number of fused-ring (bicyclic) bond motifs is 1. The van der Waals surface area contributed by atoms with E-state index in [-0.39, 0.29) is 5.41 Å². The van der Waals surface area contributed by atoms with Crippen molar-refractivity contribution in [2.24, 2.45) is 23.2 Å². The number of aromatic nitrogens is 1. The molecule has 4 aliphatic carbocycles. The van der Waals surface area contributed by atoms with Gasteiger partial charge in [0.2, 0.25) is 5.91 Å². The largest absolute Gasteiger partial charge is 0.337 e. The molecule has 6 nitrogen and oxygen atoms in total. The molecular weight excluding hydrogens is 330 g/mol. The fraction of sp³-hybridized carbons (Fsp3) is 0.650. The Hall–Kier alpha value is -1.95. The van der Waals surface area contributed by atoms with Crippen LogP contribution in [0.15, 0.2) is 12.3 Å². The summed E-state index contributed by atoms with van der Waals surface area (Å²) in [6.07, 6.45) is 9.44. The zero-order valence-electron chi connectivity index (χ0n) is 14.9. The van der Waals surface area contributed by atoms with Crippen LogP contribution in [0, 0.1) is 23.2 Å². The Morgan fingerprint density at radius 2 is 1.81 bits per heavy atom. The van der Waals surface area contributed by atoms with Gasteiger partial charge in [0.05, 0.1) is 11.0 Å². The van der Waals surface area contributed by atoms with E-state index < -0.39 is 5.91 Å². The molecule has 1 aliphatic heterocycles. The zero-order valence-corrected chi connectivity index (χ0v) is 14.9. The van der Waals surface area contributed by atoms with Crippen LogP contribution >= 0.6 is 0 Å². The summed E-state index contributed by atoms with van der Waals surface area (Å²) in [5, 5.41) is 8.84. The number of hydrogen-bond donors (Lipinski definition) is 2. The van der Waals surface area contributed by atoms with Gasteiger partial charge in [0.25, 0.3) is 5.91 Å². The highest BCUT2D eigenvalue weighted by atomic mass is 16.5. The van der Waals surface area contributed by atoms with E-state index in [1.807, 2.05) is 4.90 Å². The number of hydrogen-bond acceptors (Lipinski definition) is 4. The van der Waals surface area contributed by atoms with Crippen molar-refractivity contribution in [3.8, 4) is 0 Å². The van der Waals surface area contributed by atoms with Crippen molar-refractivity contribution >= 4 is 11.8 Å². The van der Waals surface area contributed by atoms with Crippen LogP contribution in [0.1, 0.15) is 60.1 Å². The first-order valence-corrected chi connectivity index (χ1v) is 9.78. The minimum atomic E-state index is -0.565. The second-order valence-electron chi connectivity index (χ2n) is 8.95. The number of carbonyl (C=O) groups excluding carboxylic acids is 2. The minimum absolute atomic E-state index is 0.125. The van der Waals surface area contributed by atoms with Gasteiger partial charge in [-0.2, -0.15) is 0 Å². The van der Waals surface area contributed by atoms with E-state index in [2.05, 4.69) is 4.98 Å². The van der Waals surface area contributed by atoms with Crippen molar-refractivity contribution in [1.29, 1.82) is 0 Å². The maximum absolute atomic E-state index is 13.5.